The van der Waals surface area contributed by atoms with Gasteiger partial charge in [-0.3, -0.25) is 4.79 Å². The highest BCUT2D eigenvalue weighted by Crippen LogP contribution is 2.26. The zero-order valence-corrected chi connectivity index (χ0v) is 10.3. The van der Waals surface area contributed by atoms with Gasteiger partial charge >= 0.3 is 0 Å². The van der Waals surface area contributed by atoms with E-state index in [0.717, 1.165) is 11.3 Å². The molecule has 90 valence electrons. The highest BCUT2D eigenvalue weighted by Gasteiger charge is 2.21. The van der Waals surface area contributed by atoms with Crippen molar-refractivity contribution in [2.24, 2.45) is 0 Å². The van der Waals surface area contributed by atoms with Crippen LogP contribution in [0.15, 0.2) is 36.1 Å². The molecule has 4 heteroatoms. The summed E-state index contributed by atoms with van der Waals surface area (Å²) in [4.78, 5) is 11.5. The molecular weight excluding hydrogens is 238 g/mol. The lowest BCUT2D eigenvalue weighted by atomic mass is 10.00. The van der Waals surface area contributed by atoms with Gasteiger partial charge in [-0.25, -0.2) is 0 Å². The lowest BCUT2D eigenvalue weighted by Gasteiger charge is -2.24. The van der Waals surface area contributed by atoms with Gasteiger partial charge in [0.05, 0.1) is 12.6 Å². The summed E-state index contributed by atoms with van der Waals surface area (Å²) in [5.41, 5.74) is 0.996. The first-order chi connectivity index (χ1) is 8.19. The number of halogens is 1. The van der Waals surface area contributed by atoms with E-state index in [1.807, 2.05) is 31.2 Å². The minimum absolute atomic E-state index is 0.0623. The van der Waals surface area contributed by atoms with Crippen LogP contribution in [0.5, 0.6) is 0 Å². The number of nitrogens with one attached hydrogen (secondary N) is 1. The van der Waals surface area contributed by atoms with Crippen LogP contribution in [0.2, 0.25) is 5.02 Å². The normalized spacial score (nSPS) is 19.5. The van der Waals surface area contributed by atoms with Crippen LogP contribution >= 0.6 is 11.6 Å². The number of hydrogen-bond donors (Lipinski definition) is 1. The van der Waals surface area contributed by atoms with E-state index < -0.39 is 0 Å². The molecule has 1 amide bonds. The summed E-state index contributed by atoms with van der Waals surface area (Å²) in [5.74, 6) is 0.603. The van der Waals surface area contributed by atoms with Gasteiger partial charge in [-0.1, -0.05) is 23.7 Å². The van der Waals surface area contributed by atoms with E-state index >= 15 is 0 Å². The molecule has 2 rings (SSSR count). The molecule has 0 bridgehead atoms. The molecule has 17 heavy (non-hydrogen) atoms. The molecule has 1 heterocycles. The van der Waals surface area contributed by atoms with Crippen LogP contribution in [0.4, 0.5) is 0 Å². The first-order valence-electron chi connectivity index (χ1n) is 5.58. The van der Waals surface area contributed by atoms with Gasteiger partial charge in [0, 0.05) is 17.5 Å². The standard InChI is InChI=1S/C13H14ClNO2/c1-2-17-11-7-12(15-13(16)8-11)9-4-3-5-10(14)6-9/h3-6,8,12H,2,7H2,1H3,(H,15,16)/t12-/m0/s1. The van der Waals surface area contributed by atoms with E-state index in [0.29, 0.717) is 18.1 Å². The van der Waals surface area contributed by atoms with Crippen molar-refractivity contribution in [2.45, 2.75) is 19.4 Å². The van der Waals surface area contributed by atoms with Crippen LogP contribution in [0.3, 0.4) is 0 Å². The second-order valence-corrected chi connectivity index (χ2v) is 4.30. The van der Waals surface area contributed by atoms with E-state index in [-0.39, 0.29) is 11.9 Å². The number of hydrogen-bond acceptors (Lipinski definition) is 2. The smallest absolute Gasteiger partial charge is 0.247 e. The molecule has 1 aromatic carbocycles. The number of ether oxygens (including phenoxy) is 1. The third kappa shape index (κ3) is 3.01. The quantitative estimate of drug-likeness (QED) is 0.897. The van der Waals surface area contributed by atoms with Crippen LogP contribution in [-0.4, -0.2) is 12.5 Å². The average molecular weight is 252 g/mol. The first kappa shape index (κ1) is 12.0. The molecule has 0 aromatic heterocycles. The van der Waals surface area contributed by atoms with Crippen molar-refractivity contribution in [1.29, 1.82) is 0 Å². The monoisotopic (exact) mass is 251 g/mol. The lowest BCUT2D eigenvalue weighted by molar-refractivity contribution is -0.118. The van der Waals surface area contributed by atoms with Crippen molar-refractivity contribution in [1.82, 2.24) is 5.32 Å². The van der Waals surface area contributed by atoms with Crippen LogP contribution in [0.25, 0.3) is 0 Å². The Morgan fingerprint density at radius 2 is 2.35 bits per heavy atom. The molecule has 0 spiro atoms. The van der Waals surface area contributed by atoms with Crippen molar-refractivity contribution in [3.05, 3.63) is 46.7 Å². The highest BCUT2D eigenvalue weighted by molar-refractivity contribution is 6.30. The fourth-order valence-electron chi connectivity index (χ4n) is 1.88. The van der Waals surface area contributed by atoms with Crippen LogP contribution < -0.4 is 5.32 Å². The Hall–Kier alpha value is -1.48. The molecule has 1 N–H and O–H groups in total. The molecule has 0 aliphatic carbocycles. The van der Waals surface area contributed by atoms with Crippen LogP contribution in [0, 0.1) is 0 Å². The maximum absolute atomic E-state index is 11.5. The third-order valence-electron chi connectivity index (χ3n) is 2.59. The molecule has 0 saturated carbocycles. The molecule has 0 fully saturated rings. The van der Waals surface area contributed by atoms with E-state index in [9.17, 15) is 4.79 Å². The Labute approximate surface area is 105 Å². The Balaban J connectivity index is 2.18. The number of benzene rings is 1. The van der Waals surface area contributed by atoms with Gasteiger partial charge in [-0.2, -0.15) is 0 Å². The predicted molar refractivity (Wildman–Crippen MR) is 66.7 cm³/mol. The molecule has 1 aliphatic rings. The van der Waals surface area contributed by atoms with E-state index in [4.69, 9.17) is 16.3 Å². The molecule has 1 aliphatic heterocycles. The molecule has 0 saturated heterocycles. The van der Waals surface area contributed by atoms with Crippen LogP contribution in [-0.2, 0) is 9.53 Å². The van der Waals surface area contributed by atoms with Crippen molar-refractivity contribution in [3.63, 3.8) is 0 Å². The topological polar surface area (TPSA) is 38.3 Å². The van der Waals surface area contributed by atoms with Gasteiger partial charge in [0.2, 0.25) is 5.91 Å². The van der Waals surface area contributed by atoms with Crippen LogP contribution in [0.1, 0.15) is 24.9 Å². The minimum atomic E-state index is -0.121. The van der Waals surface area contributed by atoms with Gasteiger partial charge in [0.25, 0.3) is 0 Å². The van der Waals surface area contributed by atoms with Gasteiger partial charge in [0.15, 0.2) is 0 Å². The summed E-state index contributed by atoms with van der Waals surface area (Å²) in [7, 11) is 0. The molecule has 3 nitrogen and oxygen atoms in total. The maximum atomic E-state index is 11.5. The van der Waals surface area contributed by atoms with E-state index in [2.05, 4.69) is 5.32 Å². The number of carbonyl (C=O) groups excluding carboxylic acids is 1. The highest BCUT2D eigenvalue weighted by atomic mass is 35.5. The van der Waals surface area contributed by atoms with Crippen molar-refractivity contribution < 1.29 is 9.53 Å². The van der Waals surface area contributed by atoms with Gasteiger partial charge in [0.1, 0.15) is 5.76 Å². The largest absolute Gasteiger partial charge is 0.498 e. The summed E-state index contributed by atoms with van der Waals surface area (Å²) >= 11 is 5.94. The zero-order valence-electron chi connectivity index (χ0n) is 9.57. The Bertz CT molecular complexity index is 456. The Kier molecular flexibility index (Phi) is 3.69. The summed E-state index contributed by atoms with van der Waals surface area (Å²) in [5, 5.41) is 3.56. The Morgan fingerprint density at radius 1 is 1.53 bits per heavy atom. The van der Waals surface area contributed by atoms with Gasteiger partial charge < -0.3 is 10.1 Å². The average Bonchev–Trinajstić information content (AvgIpc) is 2.28. The molecule has 1 atom stereocenters. The first-order valence-corrected chi connectivity index (χ1v) is 5.96. The lowest BCUT2D eigenvalue weighted by Crippen LogP contribution is -2.31. The van der Waals surface area contributed by atoms with Gasteiger partial charge in [-0.15, -0.1) is 0 Å². The number of rotatable bonds is 3. The van der Waals surface area contributed by atoms with Crippen molar-refractivity contribution in [2.75, 3.05) is 6.61 Å². The minimum Gasteiger partial charge on any atom is -0.498 e. The van der Waals surface area contributed by atoms with E-state index in [1.165, 1.54) is 6.08 Å². The molecule has 1 aromatic rings. The van der Waals surface area contributed by atoms with Gasteiger partial charge in [-0.05, 0) is 24.6 Å². The second kappa shape index (κ2) is 5.23. The Morgan fingerprint density at radius 3 is 3.06 bits per heavy atom. The van der Waals surface area contributed by atoms with Crippen molar-refractivity contribution >= 4 is 17.5 Å². The number of amides is 1. The fraction of sp³-hybridized carbons (Fsp3) is 0.308. The summed E-state index contributed by atoms with van der Waals surface area (Å²) < 4.78 is 5.40. The summed E-state index contributed by atoms with van der Waals surface area (Å²) in [6.45, 7) is 2.48. The molecule has 0 radical (unpaired) electrons. The van der Waals surface area contributed by atoms with Crippen molar-refractivity contribution in [3.8, 4) is 0 Å². The molecular formula is C13H14ClNO2. The maximum Gasteiger partial charge on any atom is 0.247 e. The van der Waals surface area contributed by atoms with E-state index in [1.54, 1.807) is 0 Å². The predicted octanol–water partition coefficient (Wildman–Crippen LogP) is 2.82. The molecule has 0 unspecified atom stereocenters. The third-order valence-corrected chi connectivity index (χ3v) is 2.83. The SMILES string of the molecule is CCOC1=CC(=O)N[C@H](c2cccc(Cl)c2)C1. The fourth-order valence-corrected chi connectivity index (χ4v) is 2.08. The zero-order chi connectivity index (χ0) is 12.3. The second-order valence-electron chi connectivity index (χ2n) is 3.86. The number of carbonyl (C=O) groups is 1. The summed E-state index contributed by atoms with van der Waals surface area (Å²) in [6, 6.07) is 7.44. The summed E-state index contributed by atoms with van der Waals surface area (Å²) in [6.07, 6.45) is 2.17.